The summed E-state index contributed by atoms with van der Waals surface area (Å²) in [6.45, 7) is 4.09. The zero-order valence-electron chi connectivity index (χ0n) is 11.4. The van der Waals surface area contributed by atoms with Crippen molar-refractivity contribution in [3.8, 4) is 11.6 Å². The normalized spacial score (nSPS) is 11.8. The molecule has 6 heteroatoms. The van der Waals surface area contributed by atoms with Gasteiger partial charge < -0.3 is 4.74 Å². The number of aromatic nitrogens is 1. The molecule has 0 fully saturated rings. The molecule has 1 aromatic heterocycles. The number of rotatable bonds is 3. The second-order valence-corrected chi connectivity index (χ2v) is 5.23. The van der Waals surface area contributed by atoms with Crippen LogP contribution in [0.2, 0.25) is 5.15 Å². The van der Waals surface area contributed by atoms with Crippen LogP contribution in [0.3, 0.4) is 0 Å². The van der Waals surface area contributed by atoms with Crippen LogP contribution in [0.1, 0.15) is 30.9 Å². The van der Waals surface area contributed by atoms with Crippen LogP contribution in [0, 0.1) is 0 Å². The third-order valence-electron chi connectivity index (χ3n) is 2.87. The predicted molar refractivity (Wildman–Crippen MR) is 74.9 cm³/mol. The van der Waals surface area contributed by atoms with Gasteiger partial charge in [-0.2, -0.15) is 13.2 Å². The van der Waals surface area contributed by atoms with Crippen LogP contribution in [0.5, 0.6) is 11.6 Å². The standard InChI is InChI=1S/C15H13ClF3NO/c1-9(2)10-3-5-12(6-4-10)21-14-8-11(15(17,18)19)7-13(16)20-14/h3-9H,1-2H3. The summed E-state index contributed by atoms with van der Waals surface area (Å²) in [4.78, 5) is 3.74. The molecule has 0 aliphatic heterocycles. The Morgan fingerprint density at radius 3 is 2.24 bits per heavy atom. The monoisotopic (exact) mass is 315 g/mol. The predicted octanol–water partition coefficient (Wildman–Crippen LogP) is 5.67. The van der Waals surface area contributed by atoms with E-state index in [9.17, 15) is 13.2 Å². The van der Waals surface area contributed by atoms with Gasteiger partial charge in [-0.05, 0) is 29.7 Å². The molecule has 2 aromatic rings. The van der Waals surface area contributed by atoms with E-state index < -0.39 is 11.7 Å². The average molecular weight is 316 g/mol. The first kappa shape index (κ1) is 15.6. The average Bonchev–Trinajstić information content (AvgIpc) is 2.37. The van der Waals surface area contributed by atoms with E-state index in [1.165, 1.54) is 0 Å². The number of nitrogens with zero attached hydrogens (tertiary/aromatic N) is 1. The Morgan fingerprint density at radius 2 is 1.71 bits per heavy atom. The van der Waals surface area contributed by atoms with Gasteiger partial charge in [-0.3, -0.25) is 0 Å². The molecule has 0 aliphatic carbocycles. The summed E-state index contributed by atoms with van der Waals surface area (Å²) in [5.41, 5.74) is 0.216. The van der Waals surface area contributed by atoms with Crippen molar-refractivity contribution in [2.24, 2.45) is 0 Å². The number of ether oxygens (including phenoxy) is 1. The Morgan fingerprint density at radius 1 is 1.10 bits per heavy atom. The highest BCUT2D eigenvalue weighted by Gasteiger charge is 2.31. The lowest BCUT2D eigenvalue weighted by Gasteiger charge is -2.11. The molecule has 1 aromatic carbocycles. The van der Waals surface area contributed by atoms with Crippen molar-refractivity contribution in [2.45, 2.75) is 25.9 Å². The lowest BCUT2D eigenvalue weighted by atomic mass is 10.0. The molecule has 0 atom stereocenters. The van der Waals surface area contributed by atoms with E-state index in [4.69, 9.17) is 16.3 Å². The van der Waals surface area contributed by atoms with Crippen molar-refractivity contribution in [1.82, 2.24) is 4.98 Å². The van der Waals surface area contributed by atoms with E-state index in [0.29, 0.717) is 11.7 Å². The van der Waals surface area contributed by atoms with Gasteiger partial charge in [-0.25, -0.2) is 4.98 Å². The van der Waals surface area contributed by atoms with Gasteiger partial charge in [0.1, 0.15) is 10.9 Å². The maximum absolute atomic E-state index is 12.7. The highest BCUT2D eigenvalue weighted by Crippen LogP contribution is 2.33. The summed E-state index contributed by atoms with van der Waals surface area (Å²) in [6.07, 6.45) is -4.49. The molecule has 112 valence electrons. The van der Waals surface area contributed by atoms with E-state index in [-0.39, 0.29) is 11.0 Å². The van der Waals surface area contributed by atoms with Gasteiger partial charge in [0.15, 0.2) is 0 Å². The number of pyridine rings is 1. The summed E-state index contributed by atoms with van der Waals surface area (Å²) in [6, 6.07) is 8.67. The van der Waals surface area contributed by atoms with Gasteiger partial charge in [0.25, 0.3) is 0 Å². The summed E-state index contributed by atoms with van der Waals surface area (Å²) in [7, 11) is 0. The molecule has 0 amide bonds. The number of benzene rings is 1. The SMILES string of the molecule is CC(C)c1ccc(Oc2cc(C(F)(F)F)cc(Cl)n2)cc1. The molecule has 0 radical (unpaired) electrons. The van der Waals surface area contributed by atoms with E-state index in [1.54, 1.807) is 12.1 Å². The van der Waals surface area contributed by atoms with Crippen molar-refractivity contribution < 1.29 is 17.9 Å². The lowest BCUT2D eigenvalue weighted by Crippen LogP contribution is -2.05. The topological polar surface area (TPSA) is 22.1 Å². The number of hydrogen-bond donors (Lipinski definition) is 0. The fourth-order valence-electron chi connectivity index (χ4n) is 1.73. The molecular formula is C15H13ClF3NO. The minimum absolute atomic E-state index is 0.188. The van der Waals surface area contributed by atoms with Crippen LogP contribution < -0.4 is 4.74 Å². The first-order chi connectivity index (χ1) is 9.75. The Bertz CT molecular complexity index is 624. The minimum atomic E-state index is -4.49. The van der Waals surface area contributed by atoms with E-state index in [0.717, 1.165) is 17.7 Å². The van der Waals surface area contributed by atoms with Gasteiger partial charge >= 0.3 is 6.18 Å². The van der Waals surface area contributed by atoms with Gasteiger partial charge in [-0.15, -0.1) is 0 Å². The van der Waals surface area contributed by atoms with E-state index >= 15 is 0 Å². The molecule has 0 N–H and O–H groups in total. The molecule has 0 spiro atoms. The molecule has 0 saturated heterocycles. The van der Waals surface area contributed by atoms with Crippen molar-refractivity contribution in [2.75, 3.05) is 0 Å². The maximum atomic E-state index is 12.7. The van der Waals surface area contributed by atoms with Gasteiger partial charge in [-0.1, -0.05) is 37.6 Å². The number of alkyl halides is 3. The van der Waals surface area contributed by atoms with E-state index in [2.05, 4.69) is 4.98 Å². The number of halogens is 4. The molecule has 0 unspecified atom stereocenters. The molecule has 21 heavy (non-hydrogen) atoms. The molecule has 0 aliphatic rings. The van der Waals surface area contributed by atoms with Gasteiger partial charge in [0.05, 0.1) is 5.56 Å². The van der Waals surface area contributed by atoms with Gasteiger partial charge in [0.2, 0.25) is 5.88 Å². The van der Waals surface area contributed by atoms with Crippen LogP contribution in [0.15, 0.2) is 36.4 Å². The smallest absolute Gasteiger partial charge is 0.416 e. The van der Waals surface area contributed by atoms with Crippen LogP contribution in [0.25, 0.3) is 0 Å². The van der Waals surface area contributed by atoms with Crippen LogP contribution in [-0.4, -0.2) is 4.98 Å². The van der Waals surface area contributed by atoms with Crippen LogP contribution in [-0.2, 0) is 6.18 Å². The molecule has 0 bridgehead atoms. The van der Waals surface area contributed by atoms with Crippen molar-refractivity contribution in [3.63, 3.8) is 0 Å². The summed E-state index contributed by atoms with van der Waals surface area (Å²) < 4.78 is 43.4. The van der Waals surface area contributed by atoms with Crippen molar-refractivity contribution in [1.29, 1.82) is 0 Å². The zero-order valence-corrected chi connectivity index (χ0v) is 12.2. The fourth-order valence-corrected chi connectivity index (χ4v) is 1.93. The highest BCUT2D eigenvalue weighted by atomic mass is 35.5. The molecular weight excluding hydrogens is 303 g/mol. The Labute approximate surface area is 125 Å². The third-order valence-corrected chi connectivity index (χ3v) is 3.06. The van der Waals surface area contributed by atoms with E-state index in [1.807, 2.05) is 26.0 Å². The number of hydrogen-bond acceptors (Lipinski definition) is 2. The zero-order chi connectivity index (χ0) is 15.6. The summed E-state index contributed by atoms with van der Waals surface area (Å²) in [5.74, 6) is 0.578. The quantitative estimate of drug-likeness (QED) is 0.681. The van der Waals surface area contributed by atoms with Crippen molar-refractivity contribution in [3.05, 3.63) is 52.7 Å². The minimum Gasteiger partial charge on any atom is -0.439 e. The largest absolute Gasteiger partial charge is 0.439 e. The lowest BCUT2D eigenvalue weighted by molar-refractivity contribution is -0.137. The summed E-state index contributed by atoms with van der Waals surface area (Å²) >= 11 is 5.60. The maximum Gasteiger partial charge on any atom is 0.416 e. The summed E-state index contributed by atoms with van der Waals surface area (Å²) in [5, 5.41) is -0.265. The first-order valence-corrected chi connectivity index (χ1v) is 6.66. The fraction of sp³-hybridized carbons (Fsp3) is 0.267. The molecule has 1 heterocycles. The Kier molecular flexibility index (Phi) is 4.42. The van der Waals surface area contributed by atoms with Crippen LogP contribution >= 0.6 is 11.6 Å². The first-order valence-electron chi connectivity index (χ1n) is 6.28. The Hall–Kier alpha value is -1.75. The second kappa shape index (κ2) is 5.93. The van der Waals surface area contributed by atoms with Crippen molar-refractivity contribution >= 4 is 11.6 Å². The van der Waals surface area contributed by atoms with Gasteiger partial charge in [0, 0.05) is 6.07 Å². The molecule has 2 nitrogen and oxygen atoms in total. The van der Waals surface area contributed by atoms with Crippen LogP contribution in [0.4, 0.5) is 13.2 Å². The Balaban J connectivity index is 2.25. The molecule has 2 rings (SSSR count). The second-order valence-electron chi connectivity index (χ2n) is 4.84. The highest BCUT2D eigenvalue weighted by molar-refractivity contribution is 6.29. The molecule has 0 saturated carbocycles. The third kappa shape index (κ3) is 4.11.